The number of aliphatic hydroxyl groups excluding tert-OH is 1. The van der Waals surface area contributed by atoms with Crippen LogP contribution in [0.5, 0.6) is 0 Å². The molecule has 0 bridgehead atoms. The highest BCUT2D eigenvalue weighted by molar-refractivity contribution is 7.08. The molecule has 0 atom stereocenters. The van der Waals surface area contributed by atoms with Crippen molar-refractivity contribution in [3.8, 4) is 11.8 Å². The highest BCUT2D eigenvalue weighted by atomic mass is 32.1. The van der Waals surface area contributed by atoms with Crippen LogP contribution in [0.25, 0.3) is 0 Å². The van der Waals surface area contributed by atoms with Crippen LogP contribution >= 0.6 is 11.5 Å². The third-order valence-electron chi connectivity index (χ3n) is 2.70. The van der Waals surface area contributed by atoms with Crippen LogP contribution < -0.4 is 5.32 Å². The van der Waals surface area contributed by atoms with E-state index in [0.29, 0.717) is 16.3 Å². The summed E-state index contributed by atoms with van der Waals surface area (Å²) in [5.74, 6) is 5.29. The molecular formula is C15H15N3O2S. The van der Waals surface area contributed by atoms with Gasteiger partial charge >= 0.3 is 0 Å². The number of carbonyl (C=O) groups excluding carboxylic acids is 1. The highest BCUT2D eigenvalue weighted by Crippen LogP contribution is 2.21. The van der Waals surface area contributed by atoms with Crippen molar-refractivity contribution in [2.75, 3.05) is 11.9 Å². The Balaban J connectivity index is 2.18. The molecule has 0 aliphatic carbocycles. The maximum absolute atomic E-state index is 12.3. The quantitative estimate of drug-likeness (QED) is 0.853. The van der Waals surface area contributed by atoms with Crippen molar-refractivity contribution >= 4 is 23.1 Å². The Labute approximate surface area is 127 Å². The van der Waals surface area contributed by atoms with E-state index in [-0.39, 0.29) is 18.4 Å². The van der Waals surface area contributed by atoms with Crippen molar-refractivity contribution < 1.29 is 9.90 Å². The number of nitrogens with one attached hydrogen (secondary N) is 1. The first-order chi connectivity index (χ1) is 10.1. The van der Waals surface area contributed by atoms with Gasteiger partial charge in [-0.15, -0.1) is 5.10 Å². The van der Waals surface area contributed by atoms with Crippen molar-refractivity contribution in [3.05, 3.63) is 40.4 Å². The molecule has 0 spiro atoms. The third-order valence-corrected chi connectivity index (χ3v) is 3.44. The largest absolute Gasteiger partial charge is 0.384 e. The lowest BCUT2D eigenvalue weighted by molar-refractivity contribution is 0.102. The Kier molecular flexibility index (Phi) is 5.04. The van der Waals surface area contributed by atoms with Gasteiger partial charge in [-0.25, -0.2) is 0 Å². The number of hydrogen-bond donors (Lipinski definition) is 2. The maximum atomic E-state index is 12.3. The topological polar surface area (TPSA) is 75.1 Å². The average molecular weight is 301 g/mol. The van der Waals surface area contributed by atoms with Crippen molar-refractivity contribution in [2.24, 2.45) is 0 Å². The molecule has 0 saturated carbocycles. The smallest absolute Gasteiger partial charge is 0.269 e. The fourth-order valence-electron chi connectivity index (χ4n) is 1.74. The molecule has 0 aliphatic heterocycles. The third kappa shape index (κ3) is 3.88. The lowest BCUT2D eigenvalue weighted by Crippen LogP contribution is -2.13. The lowest BCUT2D eigenvalue weighted by Gasteiger charge is -2.06. The second-order valence-electron chi connectivity index (χ2n) is 4.64. The minimum Gasteiger partial charge on any atom is -0.384 e. The van der Waals surface area contributed by atoms with Crippen LogP contribution in [0.2, 0.25) is 0 Å². The van der Waals surface area contributed by atoms with E-state index in [4.69, 9.17) is 5.11 Å². The minimum absolute atomic E-state index is 0.145. The average Bonchev–Trinajstić information content (AvgIpc) is 2.95. The minimum atomic E-state index is -0.221. The molecule has 0 aliphatic rings. The van der Waals surface area contributed by atoms with Gasteiger partial charge in [-0.2, -0.15) is 0 Å². The maximum Gasteiger partial charge on any atom is 0.269 e. The molecule has 2 rings (SSSR count). The molecule has 1 heterocycles. The van der Waals surface area contributed by atoms with Crippen molar-refractivity contribution in [1.82, 2.24) is 9.59 Å². The summed E-state index contributed by atoms with van der Waals surface area (Å²) in [4.78, 5) is 12.8. The van der Waals surface area contributed by atoms with E-state index in [2.05, 4.69) is 26.7 Å². The van der Waals surface area contributed by atoms with Crippen LogP contribution in [0.15, 0.2) is 24.3 Å². The first-order valence-electron chi connectivity index (χ1n) is 6.45. The number of aliphatic hydroxyl groups is 1. The number of amides is 1. The number of nitrogens with zero attached hydrogens (tertiary/aromatic N) is 2. The summed E-state index contributed by atoms with van der Waals surface area (Å²) in [7, 11) is 0. The summed E-state index contributed by atoms with van der Waals surface area (Å²) in [6.45, 7) is 3.75. The molecule has 108 valence electrons. The van der Waals surface area contributed by atoms with E-state index < -0.39 is 0 Å². The van der Waals surface area contributed by atoms with Crippen LogP contribution in [0, 0.1) is 11.8 Å². The summed E-state index contributed by atoms with van der Waals surface area (Å²) in [6.07, 6.45) is 0. The van der Waals surface area contributed by atoms with E-state index in [1.54, 1.807) is 18.2 Å². The Morgan fingerprint density at radius 3 is 3.00 bits per heavy atom. The summed E-state index contributed by atoms with van der Waals surface area (Å²) in [5, 5.41) is 15.5. The summed E-state index contributed by atoms with van der Waals surface area (Å²) in [6, 6.07) is 7.15. The number of aromatic nitrogens is 2. The van der Waals surface area contributed by atoms with Crippen molar-refractivity contribution in [1.29, 1.82) is 0 Å². The second kappa shape index (κ2) is 6.97. The van der Waals surface area contributed by atoms with Gasteiger partial charge in [0.15, 0.2) is 0 Å². The molecule has 0 radical (unpaired) electrons. The number of hydrogen-bond acceptors (Lipinski definition) is 5. The van der Waals surface area contributed by atoms with Gasteiger partial charge in [-0.1, -0.05) is 36.2 Å². The van der Waals surface area contributed by atoms with Crippen LogP contribution in [0.4, 0.5) is 5.69 Å². The molecule has 21 heavy (non-hydrogen) atoms. The number of benzene rings is 1. The molecule has 1 aromatic carbocycles. The molecule has 2 N–H and O–H groups in total. The van der Waals surface area contributed by atoms with E-state index in [1.165, 1.54) is 0 Å². The molecule has 2 aromatic rings. The van der Waals surface area contributed by atoms with E-state index in [0.717, 1.165) is 17.1 Å². The van der Waals surface area contributed by atoms with Crippen LogP contribution in [0.3, 0.4) is 0 Å². The van der Waals surface area contributed by atoms with Crippen LogP contribution in [-0.4, -0.2) is 27.2 Å². The first-order valence-corrected chi connectivity index (χ1v) is 7.22. The standard InChI is InChI=1S/C15H15N3O2S/c1-10(2)13-14(21-18-17-13)15(20)16-12-7-3-5-11(9-12)6-4-8-19/h3,5,7,9-10,19H,8H2,1-2H3,(H,16,20). The Bertz CT molecular complexity index is 698. The number of rotatable bonds is 3. The summed E-state index contributed by atoms with van der Waals surface area (Å²) >= 11 is 1.09. The Morgan fingerprint density at radius 1 is 1.48 bits per heavy atom. The van der Waals surface area contributed by atoms with Crippen molar-refractivity contribution in [2.45, 2.75) is 19.8 Å². The predicted molar refractivity (Wildman–Crippen MR) is 82.4 cm³/mol. The SMILES string of the molecule is CC(C)c1nnsc1C(=O)Nc1cccc(C#CCO)c1. The van der Waals surface area contributed by atoms with Gasteiger partial charge < -0.3 is 10.4 Å². The molecule has 5 nitrogen and oxygen atoms in total. The zero-order chi connectivity index (χ0) is 15.2. The van der Waals surface area contributed by atoms with Gasteiger partial charge in [0.05, 0.1) is 5.69 Å². The molecule has 0 unspecified atom stereocenters. The lowest BCUT2D eigenvalue weighted by atomic mass is 10.1. The second-order valence-corrected chi connectivity index (χ2v) is 5.39. The summed E-state index contributed by atoms with van der Waals surface area (Å²) < 4.78 is 3.84. The van der Waals surface area contributed by atoms with E-state index in [1.807, 2.05) is 19.9 Å². The highest BCUT2D eigenvalue weighted by Gasteiger charge is 2.18. The molecular weight excluding hydrogens is 286 g/mol. The van der Waals surface area contributed by atoms with Crippen LogP contribution in [-0.2, 0) is 0 Å². The van der Waals surface area contributed by atoms with Gasteiger partial charge in [0.25, 0.3) is 5.91 Å². The van der Waals surface area contributed by atoms with Crippen LogP contribution in [0.1, 0.15) is 40.7 Å². The van der Waals surface area contributed by atoms with Gasteiger partial charge in [0.2, 0.25) is 0 Å². The van der Waals surface area contributed by atoms with E-state index in [9.17, 15) is 4.79 Å². The zero-order valence-corrected chi connectivity index (χ0v) is 12.6. The molecule has 6 heteroatoms. The fraction of sp³-hybridized carbons (Fsp3) is 0.267. The zero-order valence-electron chi connectivity index (χ0n) is 11.8. The van der Waals surface area contributed by atoms with Gasteiger partial charge in [-0.05, 0) is 35.6 Å². The van der Waals surface area contributed by atoms with Gasteiger partial charge in [-0.3, -0.25) is 4.79 Å². The Morgan fingerprint density at radius 2 is 2.29 bits per heavy atom. The molecule has 1 amide bonds. The van der Waals surface area contributed by atoms with E-state index >= 15 is 0 Å². The van der Waals surface area contributed by atoms with Gasteiger partial charge in [0, 0.05) is 11.3 Å². The monoisotopic (exact) mass is 301 g/mol. The first kappa shape index (κ1) is 15.2. The number of carbonyl (C=O) groups is 1. The predicted octanol–water partition coefficient (Wildman–Crippen LogP) is 2.26. The van der Waals surface area contributed by atoms with Gasteiger partial charge in [0.1, 0.15) is 11.5 Å². The van der Waals surface area contributed by atoms with Crippen molar-refractivity contribution in [3.63, 3.8) is 0 Å². The molecule has 1 aromatic heterocycles. The number of anilines is 1. The normalized spacial score (nSPS) is 10.1. The summed E-state index contributed by atoms with van der Waals surface area (Å²) in [5.41, 5.74) is 2.08. The fourth-order valence-corrected chi connectivity index (χ4v) is 2.45. The Hall–Kier alpha value is -2.23. The molecule has 0 fully saturated rings. The molecule has 0 saturated heterocycles.